The van der Waals surface area contributed by atoms with E-state index < -0.39 is 5.97 Å². The van der Waals surface area contributed by atoms with Gasteiger partial charge in [-0.25, -0.2) is 4.79 Å². The van der Waals surface area contributed by atoms with Crippen molar-refractivity contribution in [2.75, 3.05) is 26.2 Å². The Hall–Kier alpha value is -1.43. The number of ether oxygens (including phenoxy) is 1. The minimum Gasteiger partial charge on any atom is -0.478 e. The Morgan fingerprint density at radius 3 is 3.14 bits per heavy atom. The van der Waals surface area contributed by atoms with E-state index in [4.69, 9.17) is 9.84 Å². The average molecular weight is 290 g/mol. The molecule has 2 unspecified atom stereocenters. The molecule has 2 atom stereocenters. The van der Waals surface area contributed by atoms with Crippen LogP contribution in [0.25, 0.3) is 0 Å². The Kier molecular flexibility index (Phi) is 4.53. The molecule has 0 aliphatic carbocycles. The highest BCUT2D eigenvalue weighted by Crippen LogP contribution is 2.22. The quantitative estimate of drug-likeness (QED) is 0.857. The van der Waals surface area contributed by atoms with Crippen molar-refractivity contribution in [1.29, 1.82) is 0 Å². The minimum atomic E-state index is -0.874. The van der Waals surface area contributed by atoms with E-state index in [9.17, 15) is 4.79 Å². The molecule has 0 radical (unpaired) electrons. The first-order chi connectivity index (χ1) is 10.2. The van der Waals surface area contributed by atoms with Gasteiger partial charge in [0.15, 0.2) is 0 Å². The van der Waals surface area contributed by atoms with Gasteiger partial charge in [-0.1, -0.05) is 18.2 Å². The first-order valence-electron chi connectivity index (χ1n) is 7.61. The molecule has 2 aliphatic heterocycles. The van der Waals surface area contributed by atoms with Crippen molar-refractivity contribution in [2.45, 2.75) is 31.5 Å². The number of morpholine rings is 1. The summed E-state index contributed by atoms with van der Waals surface area (Å²) in [6, 6.07) is 7.74. The number of carboxylic acids is 1. The summed E-state index contributed by atoms with van der Waals surface area (Å²) in [7, 11) is 0. The second-order valence-electron chi connectivity index (χ2n) is 5.84. The van der Waals surface area contributed by atoms with Gasteiger partial charge in [0.05, 0.1) is 18.3 Å². The maximum Gasteiger partial charge on any atom is 0.336 e. The van der Waals surface area contributed by atoms with Crippen LogP contribution in [0.15, 0.2) is 24.3 Å². The smallest absolute Gasteiger partial charge is 0.336 e. The third-order valence-corrected chi connectivity index (χ3v) is 4.40. The lowest BCUT2D eigenvalue weighted by molar-refractivity contribution is -0.0470. The molecule has 2 fully saturated rings. The van der Waals surface area contributed by atoms with Crippen molar-refractivity contribution in [3.63, 3.8) is 0 Å². The maximum absolute atomic E-state index is 11.2. The molecule has 3 rings (SSSR count). The number of carboxylic acid groups (broad SMARTS) is 1. The Balaban J connectivity index is 1.49. The van der Waals surface area contributed by atoms with Gasteiger partial charge >= 0.3 is 5.97 Å². The number of hydrogen-bond acceptors (Lipinski definition) is 4. The molecule has 5 nitrogen and oxygen atoms in total. The fourth-order valence-corrected chi connectivity index (χ4v) is 3.26. The van der Waals surface area contributed by atoms with Crippen LogP contribution in [0, 0.1) is 0 Å². The second kappa shape index (κ2) is 6.56. The highest BCUT2D eigenvalue weighted by Gasteiger charge is 2.31. The zero-order valence-corrected chi connectivity index (χ0v) is 12.1. The van der Waals surface area contributed by atoms with E-state index in [1.807, 2.05) is 12.1 Å². The lowest BCUT2D eigenvalue weighted by atomic mass is 10.1. The lowest BCUT2D eigenvalue weighted by Gasteiger charge is -2.35. The maximum atomic E-state index is 11.2. The number of benzene rings is 1. The van der Waals surface area contributed by atoms with E-state index in [-0.39, 0.29) is 6.10 Å². The van der Waals surface area contributed by atoms with E-state index in [2.05, 4.69) is 10.2 Å². The summed E-state index contributed by atoms with van der Waals surface area (Å²) in [4.78, 5) is 13.7. The first-order valence-corrected chi connectivity index (χ1v) is 7.61. The molecule has 2 heterocycles. The summed E-state index contributed by atoms with van der Waals surface area (Å²) >= 11 is 0. The van der Waals surface area contributed by atoms with Crippen LogP contribution in [0.1, 0.15) is 28.8 Å². The monoisotopic (exact) mass is 290 g/mol. The lowest BCUT2D eigenvalue weighted by Crippen LogP contribution is -2.49. The van der Waals surface area contributed by atoms with Gasteiger partial charge in [-0.3, -0.25) is 4.90 Å². The highest BCUT2D eigenvalue weighted by molar-refractivity contribution is 5.89. The molecule has 0 saturated carbocycles. The van der Waals surface area contributed by atoms with Crippen LogP contribution in [0.3, 0.4) is 0 Å². The third kappa shape index (κ3) is 3.43. The van der Waals surface area contributed by atoms with Gasteiger partial charge in [0.2, 0.25) is 0 Å². The van der Waals surface area contributed by atoms with Crippen molar-refractivity contribution in [2.24, 2.45) is 0 Å². The van der Waals surface area contributed by atoms with Crippen LogP contribution in [0.4, 0.5) is 0 Å². The molecular formula is C16H22N2O3. The summed E-state index contributed by atoms with van der Waals surface area (Å²) in [6.07, 6.45) is 2.74. The van der Waals surface area contributed by atoms with E-state index in [1.54, 1.807) is 12.1 Å². The predicted molar refractivity (Wildman–Crippen MR) is 79.4 cm³/mol. The van der Waals surface area contributed by atoms with Gasteiger partial charge in [0.1, 0.15) is 0 Å². The molecule has 2 N–H and O–H groups in total. The predicted octanol–water partition coefficient (Wildman–Crippen LogP) is 1.34. The Morgan fingerprint density at radius 1 is 1.43 bits per heavy atom. The molecule has 2 aliphatic rings. The number of nitrogens with one attached hydrogen (secondary N) is 1. The number of hydrogen-bond donors (Lipinski definition) is 2. The van der Waals surface area contributed by atoms with Crippen LogP contribution in [-0.4, -0.2) is 54.4 Å². The number of carbonyl (C=O) groups is 1. The molecule has 21 heavy (non-hydrogen) atoms. The second-order valence-corrected chi connectivity index (χ2v) is 5.84. The van der Waals surface area contributed by atoms with Gasteiger partial charge < -0.3 is 15.2 Å². The SMILES string of the molecule is O=C(O)c1ccccc1CNCC1CN2CCCC2CO1. The molecule has 5 heteroatoms. The fraction of sp³-hybridized carbons (Fsp3) is 0.562. The van der Waals surface area contributed by atoms with Gasteiger partial charge in [-0.15, -0.1) is 0 Å². The van der Waals surface area contributed by atoms with Crippen LogP contribution >= 0.6 is 0 Å². The number of fused-ring (bicyclic) bond motifs is 1. The molecule has 0 bridgehead atoms. The number of rotatable bonds is 5. The molecule has 1 aromatic rings. The van der Waals surface area contributed by atoms with Crippen molar-refractivity contribution in [3.8, 4) is 0 Å². The summed E-state index contributed by atoms with van der Waals surface area (Å²) in [5, 5.41) is 12.5. The first kappa shape index (κ1) is 14.5. The Labute approximate surface area is 124 Å². The molecule has 114 valence electrons. The van der Waals surface area contributed by atoms with Crippen LogP contribution in [0.2, 0.25) is 0 Å². The highest BCUT2D eigenvalue weighted by atomic mass is 16.5. The van der Waals surface area contributed by atoms with E-state index in [1.165, 1.54) is 19.4 Å². The Bertz CT molecular complexity index is 506. The molecule has 1 aromatic carbocycles. The van der Waals surface area contributed by atoms with E-state index >= 15 is 0 Å². The summed E-state index contributed by atoms with van der Waals surface area (Å²) in [6.45, 7) is 4.33. The molecule has 0 amide bonds. The van der Waals surface area contributed by atoms with Crippen molar-refractivity contribution in [3.05, 3.63) is 35.4 Å². The summed E-state index contributed by atoms with van der Waals surface area (Å²) in [5.41, 5.74) is 1.19. The van der Waals surface area contributed by atoms with Crippen LogP contribution in [-0.2, 0) is 11.3 Å². The van der Waals surface area contributed by atoms with Crippen molar-refractivity contribution < 1.29 is 14.6 Å². The van der Waals surface area contributed by atoms with Gasteiger partial charge in [-0.05, 0) is 31.0 Å². The molecule has 0 aromatic heterocycles. The third-order valence-electron chi connectivity index (χ3n) is 4.40. The molecule has 2 saturated heterocycles. The van der Waals surface area contributed by atoms with Gasteiger partial charge in [0.25, 0.3) is 0 Å². The van der Waals surface area contributed by atoms with Crippen LogP contribution in [0.5, 0.6) is 0 Å². The zero-order chi connectivity index (χ0) is 14.7. The van der Waals surface area contributed by atoms with Crippen LogP contribution < -0.4 is 5.32 Å². The minimum absolute atomic E-state index is 0.205. The molecule has 0 spiro atoms. The number of nitrogens with zero attached hydrogens (tertiary/aromatic N) is 1. The fourth-order valence-electron chi connectivity index (χ4n) is 3.26. The largest absolute Gasteiger partial charge is 0.478 e. The van der Waals surface area contributed by atoms with E-state index in [0.29, 0.717) is 18.2 Å². The summed E-state index contributed by atoms with van der Waals surface area (Å²) in [5.74, 6) is -0.874. The number of aromatic carboxylic acids is 1. The normalized spacial score (nSPS) is 25.7. The standard InChI is InChI=1S/C16H22N2O3/c19-16(20)15-6-2-1-4-12(15)8-17-9-14-10-18-7-3-5-13(18)11-21-14/h1-2,4,6,13-14,17H,3,5,7-11H2,(H,19,20). The van der Waals surface area contributed by atoms with Crippen molar-refractivity contribution >= 4 is 5.97 Å². The zero-order valence-electron chi connectivity index (χ0n) is 12.1. The average Bonchev–Trinajstić information content (AvgIpc) is 2.95. The van der Waals surface area contributed by atoms with Gasteiger partial charge in [0, 0.05) is 25.7 Å². The topological polar surface area (TPSA) is 61.8 Å². The van der Waals surface area contributed by atoms with Gasteiger partial charge in [-0.2, -0.15) is 0 Å². The van der Waals surface area contributed by atoms with E-state index in [0.717, 1.165) is 25.3 Å². The van der Waals surface area contributed by atoms with Crippen molar-refractivity contribution in [1.82, 2.24) is 10.2 Å². The Morgan fingerprint density at radius 2 is 2.29 bits per heavy atom. The summed E-state index contributed by atoms with van der Waals surface area (Å²) < 4.78 is 5.89. The molecular weight excluding hydrogens is 268 g/mol.